The number of aryl methyl sites for hydroxylation is 8. The molecule has 0 saturated heterocycles. The first-order chi connectivity index (χ1) is 48.2. The Hall–Kier alpha value is -11.9. The molecule has 0 unspecified atom stereocenters. The van der Waals surface area contributed by atoms with Crippen molar-refractivity contribution < 1.29 is 47.9 Å². The van der Waals surface area contributed by atoms with Gasteiger partial charge in [-0.25, -0.2) is 9.97 Å². The zero-order chi connectivity index (χ0) is 72.8. The number of imidazole rings is 2. The molecule has 101 heavy (non-hydrogen) atoms. The van der Waals surface area contributed by atoms with Crippen LogP contribution in [0.5, 0.6) is 0 Å². The molecule has 10 N–H and O–H groups in total. The number of anilines is 8. The van der Waals surface area contributed by atoms with Crippen molar-refractivity contribution in [3.05, 3.63) is 162 Å². The summed E-state index contributed by atoms with van der Waals surface area (Å²) in [6.45, 7) is 3.18. The molecule has 0 fully saturated rings. The van der Waals surface area contributed by atoms with Gasteiger partial charge in [0.2, 0.25) is 17.6 Å². The third-order valence-electron chi connectivity index (χ3n) is 16.3. The molecule has 9 aromatic rings. The molecule has 33 nitrogen and oxygen atoms in total. The molecule has 0 saturated carbocycles. The number of hydrogen-bond acceptors (Lipinski definition) is 16. The van der Waals surface area contributed by atoms with E-state index in [-0.39, 0.29) is 82.8 Å². The van der Waals surface area contributed by atoms with Gasteiger partial charge in [-0.2, -0.15) is 12.6 Å². The molecule has 9 heterocycles. The maximum absolute atomic E-state index is 13.6. The minimum Gasteiger partial charge on any atom is -0.374 e. The average Bonchev–Trinajstić information content (AvgIpc) is 1.69. The number of aromatic nitrogens is 11. The van der Waals surface area contributed by atoms with Crippen LogP contribution in [0.25, 0.3) is 0 Å². The maximum atomic E-state index is 13.6. The van der Waals surface area contributed by atoms with E-state index in [0.29, 0.717) is 72.4 Å². The van der Waals surface area contributed by atoms with E-state index in [2.05, 4.69) is 85.6 Å². The maximum Gasteiger partial charge on any atom is 0.291 e. The Bertz CT molecular complexity index is 4570. The van der Waals surface area contributed by atoms with E-state index in [1.807, 2.05) is 31.1 Å². The van der Waals surface area contributed by atoms with Crippen molar-refractivity contribution in [2.75, 3.05) is 95.5 Å². The molecule has 0 radical (unpaired) electrons. The van der Waals surface area contributed by atoms with E-state index >= 15 is 0 Å². The number of thiol groups is 1. The van der Waals surface area contributed by atoms with Crippen LogP contribution in [-0.4, -0.2) is 169 Å². The minimum atomic E-state index is -0.629. The molecule has 0 aliphatic carbocycles. The van der Waals surface area contributed by atoms with Gasteiger partial charge in [0.25, 0.3) is 47.3 Å². The monoisotopic (exact) mass is 1400 g/mol. The Balaban J connectivity index is 0.655. The fraction of sp³-hybridized carbons (Fsp3) is 0.328. The van der Waals surface area contributed by atoms with Gasteiger partial charge in [-0.05, 0) is 87.9 Å². The van der Waals surface area contributed by atoms with Gasteiger partial charge in [0.1, 0.15) is 34.2 Å². The van der Waals surface area contributed by atoms with Crippen LogP contribution < -0.4 is 58.1 Å². The SMILES string of the molecule is CN(CCCNC(=O)CCN(C)c1ccnc(CS)c1)CCCNC(=O)c1cc(NC(=O)c2cc(NC(=O)c3cc(NC(=O)c4nc(NC(=O)CCCNC(=O)c5cc(NC(=O)c6cc(NC(=O)c7cc(NC(=O)c8nccn8C)cn7C)cn6C)cn5C)cn4C)cn3C)cn2C)cn1C. The van der Waals surface area contributed by atoms with Gasteiger partial charge in [-0.15, -0.1) is 0 Å². The molecule has 0 spiro atoms. The summed E-state index contributed by atoms with van der Waals surface area (Å²) in [6, 6.07) is 12.9. The predicted octanol–water partition coefficient (Wildman–Crippen LogP) is 4.76. The molecule has 9 aromatic heterocycles. The van der Waals surface area contributed by atoms with Crippen LogP contribution in [0.15, 0.2) is 110 Å². The highest BCUT2D eigenvalue weighted by Crippen LogP contribution is 2.24. The van der Waals surface area contributed by atoms with Crippen molar-refractivity contribution in [3.63, 3.8) is 0 Å². The quantitative estimate of drug-likeness (QED) is 0.0200. The standard InChI is InChI=1S/C67H83N23O10S/c1-81(22-12-18-69-56(91)16-24-82(2)48-15-20-68-47(26-48)40-101)23-13-19-72-61(94)50-28-42(34-85(50)5)74-63(96)52-30-44(36-87(52)7)76-65(98)54-32-46(38-89(54)9)78-67(100)59-80-55(39-90(59)10)79-57(92)14-11-17-71-60(93)49-27-41(33-84(49)4)73-62(95)51-29-43(35-86(51)6)75-64(97)53-31-45(37-88(53)8)77-66(99)58-70-21-25-83(58)3/h15,20-21,25-39,101H,11-14,16-19,22-24,40H2,1-10H3,(H,69,91)(H,71,93)(H,72,94)(H,73,95)(H,74,96)(H,75,97)(H,76,98)(H,77,99)(H,78,100)(H,79,92). The second-order valence-electron chi connectivity index (χ2n) is 24.4. The Kier molecular flexibility index (Phi) is 24.0. The predicted molar refractivity (Wildman–Crippen MR) is 384 cm³/mol. The summed E-state index contributed by atoms with van der Waals surface area (Å²) in [5.41, 5.74) is 5.32. The summed E-state index contributed by atoms with van der Waals surface area (Å²) in [7, 11) is 17.1. The Labute approximate surface area is 586 Å². The van der Waals surface area contributed by atoms with Gasteiger partial charge < -0.3 is 99.5 Å². The van der Waals surface area contributed by atoms with Gasteiger partial charge in [-0.1, -0.05) is 0 Å². The molecule has 0 aliphatic rings. The molecule has 0 atom stereocenters. The number of carbonyl (C=O) groups excluding carboxylic acids is 10. The van der Waals surface area contributed by atoms with Crippen molar-refractivity contribution in [3.8, 4) is 0 Å². The highest BCUT2D eigenvalue weighted by Gasteiger charge is 2.24. The average molecular weight is 1400 g/mol. The number of amides is 10. The molecule has 532 valence electrons. The lowest BCUT2D eigenvalue weighted by atomic mass is 10.3. The second kappa shape index (κ2) is 33.1. The smallest absolute Gasteiger partial charge is 0.291 e. The van der Waals surface area contributed by atoms with E-state index in [4.69, 9.17) is 0 Å². The van der Waals surface area contributed by atoms with Crippen molar-refractivity contribution >= 4 is 117 Å². The molecular formula is C67H83N23O10S. The molecule has 0 aliphatic heterocycles. The molecule has 10 amide bonds. The number of nitrogens with zero attached hydrogens (tertiary/aromatic N) is 13. The first-order valence-electron chi connectivity index (χ1n) is 32.2. The number of nitrogens with one attached hydrogen (secondary N) is 10. The number of pyridine rings is 1. The van der Waals surface area contributed by atoms with Gasteiger partial charge in [0.05, 0.1) is 39.8 Å². The zero-order valence-corrected chi connectivity index (χ0v) is 58.6. The highest BCUT2D eigenvalue weighted by atomic mass is 32.1. The summed E-state index contributed by atoms with van der Waals surface area (Å²) in [6.07, 6.45) is 17.9. The van der Waals surface area contributed by atoms with E-state index in [1.165, 1.54) is 67.2 Å². The number of hydrogen-bond donors (Lipinski definition) is 11. The van der Waals surface area contributed by atoms with E-state index in [9.17, 15) is 47.9 Å². The third-order valence-corrected chi connectivity index (χ3v) is 16.7. The van der Waals surface area contributed by atoms with Crippen molar-refractivity contribution in [1.29, 1.82) is 0 Å². The number of rotatable bonds is 32. The lowest BCUT2D eigenvalue weighted by molar-refractivity contribution is -0.121. The van der Waals surface area contributed by atoms with Gasteiger partial charge in [0.15, 0.2) is 11.6 Å². The summed E-state index contributed by atoms with van der Waals surface area (Å²) < 4.78 is 12.3. The summed E-state index contributed by atoms with van der Waals surface area (Å²) >= 11 is 4.29. The zero-order valence-electron chi connectivity index (χ0n) is 57.7. The van der Waals surface area contributed by atoms with Crippen LogP contribution in [0.3, 0.4) is 0 Å². The van der Waals surface area contributed by atoms with Gasteiger partial charge >= 0.3 is 0 Å². The normalized spacial score (nSPS) is 11.1. The van der Waals surface area contributed by atoms with Gasteiger partial charge in [-0.3, -0.25) is 52.9 Å². The Morgan fingerprint density at radius 1 is 0.396 bits per heavy atom. The van der Waals surface area contributed by atoms with Crippen LogP contribution in [0.1, 0.15) is 122 Å². The lowest BCUT2D eigenvalue weighted by Crippen LogP contribution is -2.32. The van der Waals surface area contributed by atoms with Crippen LogP contribution >= 0.6 is 12.6 Å². The van der Waals surface area contributed by atoms with E-state index in [0.717, 1.165) is 30.9 Å². The Morgan fingerprint density at radius 2 is 0.792 bits per heavy atom. The minimum absolute atomic E-state index is 0.00676. The van der Waals surface area contributed by atoms with Crippen LogP contribution in [0.4, 0.5) is 45.6 Å². The molecule has 0 bridgehead atoms. The first-order valence-corrected chi connectivity index (χ1v) is 32.8. The molecular weight excluding hydrogens is 1320 g/mol. The molecule has 9 rings (SSSR count). The molecule has 0 aromatic carbocycles. The van der Waals surface area contributed by atoms with Crippen LogP contribution in [0, 0.1) is 0 Å². The summed E-state index contributed by atoms with van der Waals surface area (Å²) in [4.78, 5) is 149. The second-order valence-corrected chi connectivity index (χ2v) is 24.7. The molecule has 34 heteroatoms. The van der Waals surface area contributed by atoms with Crippen molar-refractivity contribution in [2.45, 2.75) is 37.9 Å². The van der Waals surface area contributed by atoms with Crippen LogP contribution in [0.2, 0.25) is 0 Å². The topological polar surface area (TPSA) is 376 Å². The van der Waals surface area contributed by atoms with Crippen molar-refractivity contribution in [2.24, 2.45) is 56.4 Å². The number of carbonyl (C=O) groups is 10. The summed E-state index contributed by atoms with van der Waals surface area (Å²) in [5.74, 6) is -3.47. The Morgan fingerprint density at radius 3 is 1.21 bits per heavy atom. The third kappa shape index (κ3) is 19.3. The lowest BCUT2D eigenvalue weighted by Gasteiger charge is -2.19. The largest absolute Gasteiger partial charge is 0.374 e. The fourth-order valence-corrected chi connectivity index (χ4v) is 11.2. The van der Waals surface area contributed by atoms with Crippen molar-refractivity contribution in [1.82, 2.24) is 72.3 Å². The van der Waals surface area contributed by atoms with E-state index in [1.54, 1.807) is 124 Å². The van der Waals surface area contributed by atoms with Crippen LogP contribution in [-0.2, 0) is 71.7 Å². The van der Waals surface area contributed by atoms with Gasteiger partial charge in [0, 0.05) is 176 Å². The highest BCUT2D eigenvalue weighted by molar-refractivity contribution is 7.79. The van der Waals surface area contributed by atoms with E-state index < -0.39 is 47.3 Å². The fourth-order valence-electron chi connectivity index (χ4n) is 11.0. The summed E-state index contributed by atoms with van der Waals surface area (Å²) in [5, 5.41) is 28.0. The first kappa shape index (κ1) is 73.3.